The average Bonchev–Trinajstić information content (AvgIpc) is 3.01. The maximum absolute atomic E-state index is 13.4. The molecule has 6 heteroatoms. The highest BCUT2D eigenvalue weighted by molar-refractivity contribution is 7.13. The van der Waals surface area contributed by atoms with Gasteiger partial charge in [-0.15, -0.1) is 11.3 Å². The fraction of sp³-hybridized carbons (Fsp3) is 0.471. The van der Waals surface area contributed by atoms with Gasteiger partial charge in [0, 0.05) is 36.6 Å². The van der Waals surface area contributed by atoms with Crippen LogP contribution in [0.3, 0.4) is 0 Å². The second kappa shape index (κ2) is 7.38. The number of rotatable bonds is 5. The van der Waals surface area contributed by atoms with E-state index in [9.17, 15) is 4.39 Å². The van der Waals surface area contributed by atoms with Crippen molar-refractivity contribution in [2.75, 3.05) is 18.0 Å². The fourth-order valence-corrected chi connectivity index (χ4v) is 3.74. The topological polar surface area (TPSA) is 48.4 Å². The zero-order valence-corrected chi connectivity index (χ0v) is 14.1. The zero-order valence-electron chi connectivity index (χ0n) is 13.3. The number of thiazole rings is 1. The number of halogens is 1. The van der Waals surface area contributed by atoms with Crippen molar-refractivity contribution >= 4 is 16.5 Å². The molecule has 1 aliphatic heterocycles. The first-order valence-electron chi connectivity index (χ1n) is 7.94. The molecule has 0 spiro atoms. The Bertz CT molecular complexity index is 653. The van der Waals surface area contributed by atoms with Gasteiger partial charge in [-0.2, -0.15) is 0 Å². The summed E-state index contributed by atoms with van der Waals surface area (Å²) in [5, 5.41) is 15.9. The smallest absolute Gasteiger partial charge is 0.185 e. The van der Waals surface area contributed by atoms with E-state index in [4.69, 9.17) is 5.11 Å². The summed E-state index contributed by atoms with van der Waals surface area (Å²) >= 11 is 1.71. The quantitative estimate of drug-likeness (QED) is 0.882. The Labute approximate surface area is 140 Å². The number of nitrogens with one attached hydrogen (secondary N) is 1. The summed E-state index contributed by atoms with van der Waals surface area (Å²) in [5.41, 5.74) is 2.45. The standard InChI is InChI=1S/C17H22FN3OS/c1-12-11-23-17(20-12)21-6-4-15(5-7-21)19-9-13-2-3-16(18)14(8-13)10-22/h2-3,8,11,15,19,22H,4-7,9-10H2,1H3. The molecule has 0 aliphatic carbocycles. The number of aliphatic hydroxyl groups excluding tert-OH is 1. The Kier molecular flexibility index (Phi) is 5.25. The highest BCUT2D eigenvalue weighted by Crippen LogP contribution is 2.24. The molecule has 1 fully saturated rings. The van der Waals surface area contributed by atoms with Crippen molar-refractivity contribution < 1.29 is 9.50 Å². The van der Waals surface area contributed by atoms with E-state index in [0.717, 1.165) is 42.3 Å². The van der Waals surface area contributed by atoms with Crippen molar-refractivity contribution in [2.24, 2.45) is 0 Å². The van der Waals surface area contributed by atoms with Gasteiger partial charge in [0.15, 0.2) is 5.13 Å². The monoisotopic (exact) mass is 335 g/mol. The van der Waals surface area contributed by atoms with Gasteiger partial charge in [0.1, 0.15) is 5.82 Å². The van der Waals surface area contributed by atoms with Crippen LogP contribution >= 0.6 is 11.3 Å². The van der Waals surface area contributed by atoms with E-state index in [-0.39, 0.29) is 12.4 Å². The number of nitrogens with zero attached hydrogens (tertiary/aromatic N) is 2. The lowest BCUT2D eigenvalue weighted by Gasteiger charge is -2.32. The number of aromatic nitrogens is 1. The number of benzene rings is 1. The van der Waals surface area contributed by atoms with E-state index in [2.05, 4.69) is 20.6 Å². The Morgan fingerprint density at radius 1 is 1.39 bits per heavy atom. The molecule has 0 saturated carbocycles. The van der Waals surface area contributed by atoms with Crippen LogP contribution in [0.15, 0.2) is 23.6 Å². The van der Waals surface area contributed by atoms with Crippen LogP contribution in [0.4, 0.5) is 9.52 Å². The third-order valence-electron chi connectivity index (χ3n) is 4.25. The van der Waals surface area contributed by atoms with Crippen molar-refractivity contribution in [3.8, 4) is 0 Å². The molecule has 2 aromatic rings. The number of hydrogen-bond acceptors (Lipinski definition) is 5. The largest absolute Gasteiger partial charge is 0.392 e. The number of aryl methyl sites for hydroxylation is 1. The molecule has 0 atom stereocenters. The molecule has 3 rings (SSSR count). The summed E-state index contributed by atoms with van der Waals surface area (Å²) in [6.07, 6.45) is 2.15. The fourth-order valence-electron chi connectivity index (χ4n) is 2.88. The number of piperidine rings is 1. The first-order valence-corrected chi connectivity index (χ1v) is 8.82. The highest BCUT2D eigenvalue weighted by atomic mass is 32.1. The minimum Gasteiger partial charge on any atom is -0.392 e. The number of anilines is 1. The van der Waals surface area contributed by atoms with Crippen molar-refractivity contribution in [3.05, 3.63) is 46.2 Å². The molecule has 1 aliphatic rings. The molecular formula is C17H22FN3OS. The lowest BCUT2D eigenvalue weighted by molar-refractivity contribution is 0.275. The third-order valence-corrected chi connectivity index (χ3v) is 5.27. The maximum atomic E-state index is 13.4. The van der Waals surface area contributed by atoms with Gasteiger partial charge in [-0.1, -0.05) is 6.07 Å². The predicted molar refractivity (Wildman–Crippen MR) is 91.2 cm³/mol. The van der Waals surface area contributed by atoms with Crippen molar-refractivity contribution in [1.82, 2.24) is 10.3 Å². The van der Waals surface area contributed by atoms with Crippen LogP contribution in [0.2, 0.25) is 0 Å². The van der Waals surface area contributed by atoms with Gasteiger partial charge in [-0.05, 0) is 37.5 Å². The summed E-state index contributed by atoms with van der Waals surface area (Å²) in [4.78, 5) is 6.89. The van der Waals surface area contributed by atoms with E-state index in [1.807, 2.05) is 6.92 Å². The normalized spacial score (nSPS) is 16.0. The van der Waals surface area contributed by atoms with Crippen LogP contribution < -0.4 is 10.2 Å². The number of aliphatic hydroxyl groups is 1. The minimum absolute atomic E-state index is 0.259. The molecule has 124 valence electrons. The molecular weight excluding hydrogens is 313 g/mol. The lowest BCUT2D eigenvalue weighted by Crippen LogP contribution is -2.42. The first kappa shape index (κ1) is 16.4. The molecule has 0 radical (unpaired) electrons. The zero-order chi connectivity index (χ0) is 16.2. The predicted octanol–water partition coefficient (Wildman–Crippen LogP) is 2.84. The Hall–Kier alpha value is -1.50. The van der Waals surface area contributed by atoms with Crippen LogP contribution in [-0.4, -0.2) is 29.2 Å². The van der Waals surface area contributed by atoms with Crippen LogP contribution in [0.25, 0.3) is 0 Å². The van der Waals surface area contributed by atoms with Crippen LogP contribution in [0.5, 0.6) is 0 Å². The van der Waals surface area contributed by atoms with Crippen LogP contribution in [0, 0.1) is 12.7 Å². The van der Waals surface area contributed by atoms with Gasteiger partial charge < -0.3 is 15.3 Å². The third kappa shape index (κ3) is 4.07. The summed E-state index contributed by atoms with van der Waals surface area (Å²) < 4.78 is 13.4. The van der Waals surface area contributed by atoms with Crippen LogP contribution in [0.1, 0.15) is 29.7 Å². The van der Waals surface area contributed by atoms with E-state index in [1.165, 1.54) is 6.07 Å². The van der Waals surface area contributed by atoms with E-state index in [0.29, 0.717) is 18.2 Å². The van der Waals surface area contributed by atoms with Gasteiger partial charge in [-0.25, -0.2) is 9.37 Å². The summed E-state index contributed by atoms with van der Waals surface area (Å²) in [6.45, 7) is 4.49. The molecule has 2 heterocycles. The van der Waals surface area contributed by atoms with E-state index >= 15 is 0 Å². The van der Waals surface area contributed by atoms with E-state index in [1.54, 1.807) is 23.5 Å². The molecule has 23 heavy (non-hydrogen) atoms. The van der Waals surface area contributed by atoms with E-state index < -0.39 is 0 Å². The Morgan fingerprint density at radius 2 is 2.17 bits per heavy atom. The molecule has 4 nitrogen and oxygen atoms in total. The molecule has 1 saturated heterocycles. The average molecular weight is 335 g/mol. The first-order chi connectivity index (χ1) is 11.2. The summed E-state index contributed by atoms with van der Waals surface area (Å²) in [6, 6.07) is 5.40. The van der Waals surface area contributed by atoms with Crippen molar-refractivity contribution in [3.63, 3.8) is 0 Å². The molecule has 1 aromatic carbocycles. The van der Waals surface area contributed by atoms with Gasteiger partial charge in [0.25, 0.3) is 0 Å². The van der Waals surface area contributed by atoms with Crippen LogP contribution in [-0.2, 0) is 13.2 Å². The van der Waals surface area contributed by atoms with Gasteiger partial charge in [-0.3, -0.25) is 0 Å². The molecule has 0 bridgehead atoms. The maximum Gasteiger partial charge on any atom is 0.185 e. The molecule has 0 unspecified atom stereocenters. The highest BCUT2D eigenvalue weighted by Gasteiger charge is 2.20. The SMILES string of the molecule is Cc1csc(N2CCC(NCc3ccc(F)c(CO)c3)CC2)n1. The van der Waals surface area contributed by atoms with Crippen molar-refractivity contribution in [1.29, 1.82) is 0 Å². The van der Waals surface area contributed by atoms with Gasteiger partial charge in [0.05, 0.1) is 12.3 Å². The second-order valence-electron chi connectivity index (χ2n) is 6.00. The Balaban J connectivity index is 1.49. The molecule has 0 amide bonds. The van der Waals surface area contributed by atoms with Gasteiger partial charge in [0.2, 0.25) is 0 Å². The second-order valence-corrected chi connectivity index (χ2v) is 6.83. The minimum atomic E-state index is -0.344. The van der Waals surface area contributed by atoms with Crippen molar-refractivity contribution in [2.45, 2.75) is 39.0 Å². The molecule has 1 aromatic heterocycles. The molecule has 2 N–H and O–H groups in total. The summed E-state index contributed by atoms with van der Waals surface area (Å²) in [7, 11) is 0. The summed E-state index contributed by atoms with van der Waals surface area (Å²) in [5.74, 6) is -0.344. The number of hydrogen-bond donors (Lipinski definition) is 2. The Morgan fingerprint density at radius 3 is 2.83 bits per heavy atom. The lowest BCUT2D eigenvalue weighted by atomic mass is 10.0. The van der Waals surface area contributed by atoms with Gasteiger partial charge >= 0.3 is 0 Å².